The second-order valence-corrected chi connectivity index (χ2v) is 3.09. The van der Waals surface area contributed by atoms with E-state index in [0.29, 0.717) is 0 Å². The maximum Gasteiger partial charge on any atom is 0.0373 e. The van der Waals surface area contributed by atoms with Gasteiger partial charge in [-0.1, -0.05) is 12.2 Å². The molecule has 0 saturated heterocycles. The first kappa shape index (κ1) is 5.32. The SMILES string of the molecule is SC1=CC=CCS1. The predicted molar refractivity (Wildman–Crippen MR) is 38.7 cm³/mol. The zero-order valence-electron chi connectivity index (χ0n) is 3.79. The number of rotatable bonds is 0. The summed E-state index contributed by atoms with van der Waals surface area (Å²) in [6.07, 6.45) is 6.14. The highest BCUT2D eigenvalue weighted by Crippen LogP contribution is 2.21. The van der Waals surface area contributed by atoms with E-state index in [1.807, 2.05) is 12.2 Å². The van der Waals surface area contributed by atoms with E-state index < -0.39 is 0 Å². The lowest BCUT2D eigenvalue weighted by atomic mass is 10.5. The summed E-state index contributed by atoms with van der Waals surface area (Å²) >= 11 is 5.89. The van der Waals surface area contributed by atoms with E-state index >= 15 is 0 Å². The van der Waals surface area contributed by atoms with Crippen molar-refractivity contribution in [1.82, 2.24) is 0 Å². The molecule has 0 aromatic carbocycles. The molecule has 0 radical (unpaired) electrons. The molecule has 1 aliphatic rings. The molecule has 38 valence electrons. The molecule has 0 aromatic heterocycles. The summed E-state index contributed by atoms with van der Waals surface area (Å²) in [7, 11) is 0. The Morgan fingerprint density at radius 1 is 1.71 bits per heavy atom. The zero-order valence-corrected chi connectivity index (χ0v) is 5.51. The minimum absolute atomic E-state index is 1.08. The maximum atomic E-state index is 4.13. The second-order valence-electron chi connectivity index (χ2n) is 1.24. The summed E-state index contributed by atoms with van der Waals surface area (Å²) in [5.74, 6) is 1.08. The minimum Gasteiger partial charge on any atom is -0.137 e. The van der Waals surface area contributed by atoms with Crippen LogP contribution >= 0.6 is 24.4 Å². The Hall–Kier alpha value is 0.180. The van der Waals surface area contributed by atoms with Gasteiger partial charge in [-0.2, -0.15) is 0 Å². The van der Waals surface area contributed by atoms with Crippen LogP contribution in [-0.2, 0) is 0 Å². The standard InChI is InChI=1S/C5H6S2/c6-5-3-1-2-4-7-5/h1-3,6H,4H2. The molecule has 0 fully saturated rings. The topological polar surface area (TPSA) is 0 Å². The van der Waals surface area contributed by atoms with Gasteiger partial charge in [0.05, 0.1) is 0 Å². The molecule has 0 saturated carbocycles. The third kappa shape index (κ3) is 1.61. The molecule has 0 aromatic rings. The van der Waals surface area contributed by atoms with Crippen molar-refractivity contribution in [1.29, 1.82) is 0 Å². The Morgan fingerprint density at radius 3 is 2.86 bits per heavy atom. The molecule has 0 atom stereocenters. The molecule has 0 N–H and O–H groups in total. The number of hydrogen-bond acceptors (Lipinski definition) is 2. The van der Waals surface area contributed by atoms with Gasteiger partial charge in [-0.25, -0.2) is 0 Å². The molecule has 1 rings (SSSR count). The molecule has 0 nitrogen and oxygen atoms in total. The molecule has 7 heavy (non-hydrogen) atoms. The van der Waals surface area contributed by atoms with Gasteiger partial charge < -0.3 is 0 Å². The number of allylic oxidation sites excluding steroid dienone is 2. The Kier molecular flexibility index (Phi) is 1.88. The Labute approximate surface area is 53.1 Å². The smallest absolute Gasteiger partial charge is 0.0373 e. The predicted octanol–water partition coefficient (Wildman–Crippen LogP) is 2.06. The third-order valence-corrected chi connectivity index (χ3v) is 2.03. The van der Waals surface area contributed by atoms with Crippen molar-refractivity contribution < 1.29 is 0 Å². The molecule has 0 bridgehead atoms. The highest BCUT2D eigenvalue weighted by Gasteiger charge is 1.89. The first-order valence-electron chi connectivity index (χ1n) is 2.08. The van der Waals surface area contributed by atoms with Gasteiger partial charge >= 0.3 is 0 Å². The first-order chi connectivity index (χ1) is 3.39. The Morgan fingerprint density at radius 2 is 2.57 bits per heavy atom. The van der Waals surface area contributed by atoms with Crippen molar-refractivity contribution in [2.45, 2.75) is 0 Å². The van der Waals surface area contributed by atoms with E-state index in [1.54, 1.807) is 11.8 Å². The van der Waals surface area contributed by atoms with Gasteiger partial charge in [-0.05, 0) is 6.08 Å². The first-order valence-corrected chi connectivity index (χ1v) is 3.51. The van der Waals surface area contributed by atoms with Crippen LogP contribution in [0.15, 0.2) is 22.5 Å². The van der Waals surface area contributed by atoms with Crippen LogP contribution in [0.5, 0.6) is 0 Å². The maximum absolute atomic E-state index is 4.13. The number of thioether (sulfide) groups is 1. The lowest BCUT2D eigenvalue weighted by Crippen LogP contribution is -1.73. The van der Waals surface area contributed by atoms with Crippen LogP contribution in [0.1, 0.15) is 0 Å². The fraction of sp³-hybridized carbons (Fsp3) is 0.200. The van der Waals surface area contributed by atoms with Crippen LogP contribution in [0.2, 0.25) is 0 Å². The van der Waals surface area contributed by atoms with Gasteiger partial charge in [-0.3, -0.25) is 0 Å². The molecule has 1 aliphatic heterocycles. The van der Waals surface area contributed by atoms with Gasteiger partial charge in [0.1, 0.15) is 0 Å². The molecule has 0 aliphatic carbocycles. The van der Waals surface area contributed by atoms with Gasteiger partial charge in [0.15, 0.2) is 0 Å². The lowest BCUT2D eigenvalue weighted by molar-refractivity contribution is 1.74. The van der Waals surface area contributed by atoms with E-state index in [2.05, 4.69) is 18.7 Å². The van der Waals surface area contributed by atoms with Crippen LogP contribution in [0.3, 0.4) is 0 Å². The molecule has 1 heterocycles. The van der Waals surface area contributed by atoms with E-state index in [4.69, 9.17) is 0 Å². The van der Waals surface area contributed by atoms with Crippen LogP contribution in [0.25, 0.3) is 0 Å². The normalized spacial score (nSPS) is 19.3. The van der Waals surface area contributed by atoms with Gasteiger partial charge in [0.25, 0.3) is 0 Å². The van der Waals surface area contributed by atoms with Crippen molar-refractivity contribution in [2.24, 2.45) is 0 Å². The second kappa shape index (κ2) is 2.48. The Balaban J connectivity index is 2.57. The van der Waals surface area contributed by atoms with E-state index in [1.165, 1.54) is 0 Å². The fourth-order valence-electron chi connectivity index (χ4n) is 0.388. The summed E-state index contributed by atoms with van der Waals surface area (Å²) in [4.78, 5) is 0. The molecule has 0 amide bonds. The van der Waals surface area contributed by atoms with E-state index in [0.717, 1.165) is 9.99 Å². The van der Waals surface area contributed by atoms with Crippen LogP contribution < -0.4 is 0 Å². The average molecular weight is 130 g/mol. The van der Waals surface area contributed by atoms with Gasteiger partial charge in [-0.15, -0.1) is 24.4 Å². The van der Waals surface area contributed by atoms with Gasteiger partial charge in [0, 0.05) is 9.99 Å². The number of thiol groups is 1. The van der Waals surface area contributed by atoms with Crippen molar-refractivity contribution in [3.8, 4) is 0 Å². The van der Waals surface area contributed by atoms with Crippen LogP contribution in [0, 0.1) is 0 Å². The summed E-state index contributed by atoms with van der Waals surface area (Å²) in [5, 5.41) is 0. The molecule has 0 spiro atoms. The molecular weight excluding hydrogens is 124 g/mol. The number of hydrogen-bond donors (Lipinski definition) is 1. The highest BCUT2D eigenvalue weighted by atomic mass is 32.2. The molecular formula is C5H6S2. The minimum atomic E-state index is 1.08. The fourth-order valence-corrected chi connectivity index (χ4v) is 1.25. The largest absolute Gasteiger partial charge is 0.137 e. The van der Waals surface area contributed by atoms with Crippen molar-refractivity contribution in [3.05, 3.63) is 22.5 Å². The average Bonchev–Trinajstić information content (AvgIpc) is 1.69. The summed E-state index contributed by atoms with van der Waals surface area (Å²) in [6, 6.07) is 0. The van der Waals surface area contributed by atoms with E-state index in [9.17, 15) is 0 Å². The molecule has 0 unspecified atom stereocenters. The Bertz CT molecular complexity index is 113. The summed E-state index contributed by atoms with van der Waals surface area (Å²) in [6.45, 7) is 0. The van der Waals surface area contributed by atoms with Crippen molar-refractivity contribution in [3.63, 3.8) is 0 Å². The third-order valence-electron chi connectivity index (χ3n) is 0.702. The quantitative estimate of drug-likeness (QED) is 0.490. The van der Waals surface area contributed by atoms with Crippen LogP contribution in [0.4, 0.5) is 0 Å². The van der Waals surface area contributed by atoms with E-state index in [-0.39, 0.29) is 0 Å². The lowest BCUT2D eigenvalue weighted by Gasteiger charge is -1.97. The van der Waals surface area contributed by atoms with Crippen molar-refractivity contribution >= 4 is 24.4 Å². The summed E-state index contributed by atoms with van der Waals surface area (Å²) < 4.78 is 1.11. The highest BCUT2D eigenvalue weighted by molar-refractivity contribution is 8.15. The van der Waals surface area contributed by atoms with Crippen molar-refractivity contribution in [2.75, 3.05) is 5.75 Å². The summed E-state index contributed by atoms with van der Waals surface area (Å²) in [5.41, 5.74) is 0. The molecule has 2 heteroatoms. The van der Waals surface area contributed by atoms with Crippen LogP contribution in [-0.4, -0.2) is 5.75 Å². The zero-order chi connectivity index (χ0) is 5.11. The monoisotopic (exact) mass is 130 g/mol. The van der Waals surface area contributed by atoms with Gasteiger partial charge in [0.2, 0.25) is 0 Å².